The zero-order valence-corrected chi connectivity index (χ0v) is 12.7. The van der Waals surface area contributed by atoms with E-state index in [0.29, 0.717) is 25.0 Å². The Kier molecular flexibility index (Phi) is 3.56. The first-order valence-electron chi connectivity index (χ1n) is 7.38. The molecular weight excluding hydrogens is 272 g/mol. The summed E-state index contributed by atoms with van der Waals surface area (Å²) < 4.78 is 5.45. The number of fused-ring (bicyclic) bond motifs is 1. The van der Waals surface area contributed by atoms with Crippen LogP contribution in [-0.2, 0) is 4.74 Å². The Hall–Kier alpha value is -1.70. The van der Waals surface area contributed by atoms with Crippen LogP contribution in [0.4, 0.5) is 4.79 Å². The Morgan fingerprint density at radius 1 is 1.33 bits per heavy atom. The molecule has 1 aromatic heterocycles. The molecule has 3 rings (SSSR count). The molecule has 1 N–H and O–H groups in total. The maximum Gasteiger partial charge on any atom is 0.410 e. The van der Waals surface area contributed by atoms with Crippen LogP contribution < -0.4 is 0 Å². The minimum Gasteiger partial charge on any atom is -0.444 e. The number of rotatable bonds is 1. The zero-order valence-electron chi connectivity index (χ0n) is 12.7. The van der Waals surface area contributed by atoms with Crippen LogP contribution in [0.3, 0.4) is 0 Å². The number of ether oxygens (including phenoxy) is 1. The van der Waals surface area contributed by atoms with E-state index in [1.54, 1.807) is 0 Å². The fourth-order valence-corrected chi connectivity index (χ4v) is 3.06. The molecule has 2 aliphatic rings. The lowest BCUT2D eigenvalue weighted by atomic mass is 10.0. The molecule has 0 spiro atoms. The number of amides is 1. The summed E-state index contributed by atoms with van der Waals surface area (Å²) >= 11 is 0. The van der Waals surface area contributed by atoms with Crippen molar-refractivity contribution in [2.75, 3.05) is 26.2 Å². The molecule has 0 radical (unpaired) electrons. The Labute approximate surface area is 123 Å². The highest BCUT2D eigenvalue weighted by Gasteiger charge is 2.40. The van der Waals surface area contributed by atoms with Gasteiger partial charge in [-0.3, -0.25) is 4.90 Å². The molecular formula is C13H22N6O2. The molecule has 116 valence electrons. The van der Waals surface area contributed by atoms with Crippen LogP contribution in [0.2, 0.25) is 0 Å². The van der Waals surface area contributed by atoms with Crippen molar-refractivity contribution in [1.82, 2.24) is 30.4 Å². The lowest BCUT2D eigenvalue weighted by Gasteiger charge is -2.37. The molecule has 2 saturated heterocycles. The van der Waals surface area contributed by atoms with E-state index in [0.717, 1.165) is 25.3 Å². The standard InChI is InChI=1S/C13H22N6O2/c1-13(2,3)21-12(20)19-5-4-18-7-9(6-10(18)8-19)11-14-16-17-15-11/h9-10H,4-8H2,1-3H3,(H,14,15,16,17)/t9-,10-/m1/s1. The van der Waals surface area contributed by atoms with Crippen molar-refractivity contribution >= 4 is 6.09 Å². The van der Waals surface area contributed by atoms with Crippen molar-refractivity contribution in [3.63, 3.8) is 0 Å². The first-order chi connectivity index (χ1) is 9.92. The second kappa shape index (κ2) is 5.25. The Bertz CT molecular complexity index is 497. The van der Waals surface area contributed by atoms with E-state index in [-0.39, 0.29) is 6.09 Å². The molecule has 2 fully saturated rings. The van der Waals surface area contributed by atoms with Crippen molar-refractivity contribution in [3.8, 4) is 0 Å². The zero-order chi connectivity index (χ0) is 15.0. The molecule has 0 bridgehead atoms. The maximum atomic E-state index is 12.2. The van der Waals surface area contributed by atoms with Gasteiger partial charge in [0.2, 0.25) is 0 Å². The molecule has 0 unspecified atom stereocenters. The number of carbonyl (C=O) groups excluding carboxylic acids is 1. The van der Waals surface area contributed by atoms with E-state index in [2.05, 4.69) is 25.5 Å². The number of piperazine rings is 1. The summed E-state index contributed by atoms with van der Waals surface area (Å²) in [6, 6.07) is 0.356. The van der Waals surface area contributed by atoms with Crippen molar-refractivity contribution in [2.24, 2.45) is 0 Å². The Morgan fingerprint density at radius 3 is 2.81 bits per heavy atom. The average Bonchev–Trinajstić information content (AvgIpc) is 3.04. The van der Waals surface area contributed by atoms with Crippen molar-refractivity contribution in [1.29, 1.82) is 0 Å². The SMILES string of the molecule is CC(C)(C)OC(=O)N1CCN2C[C@H](c3nn[nH]n3)C[C@@H]2C1. The van der Waals surface area contributed by atoms with Crippen molar-refractivity contribution in [3.05, 3.63) is 5.82 Å². The average molecular weight is 294 g/mol. The lowest BCUT2D eigenvalue weighted by Crippen LogP contribution is -2.53. The normalized spacial score (nSPS) is 26.7. The molecule has 0 saturated carbocycles. The first kappa shape index (κ1) is 14.2. The van der Waals surface area contributed by atoms with Crippen LogP contribution in [0.5, 0.6) is 0 Å². The van der Waals surface area contributed by atoms with Gasteiger partial charge in [-0.05, 0) is 27.2 Å². The van der Waals surface area contributed by atoms with Gasteiger partial charge in [-0.15, -0.1) is 10.2 Å². The molecule has 8 heteroatoms. The number of carbonyl (C=O) groups is 1. The van der Waals surface area contributed by atoms with E-state index in [4.69, 9.17) is 4.74 Å². The summed E-state index contributed by atoms with van der Waals surface area (Å²) in [6.45, 7) is 8.91. The third kappa shape index (κ3) is 3.15. The number of aromatic nitrogens is 4. The molecule has 8 nitrogen and oxygen atoms in total. The maximum absolute atomic E-state index is 12.2. The lowest BCUT2D eigenvalue weighted by molar-refractivity contribution is 0.00925. The van der Waals surface area contributed by atoms with Crippen LogP contribution in [0, 0.1) is 0 Å². The fraction of sp³-hybridized carbons (Fsp3) is 0.846. The summed E-state index contributed by atoms with van der Waals surface area (Å²) in [4.78, 5) is 16.4. The van der Waals surface area contributed by atoms with Gasteiger partial charge in [0.1, 0.15) is 5.60 Å². The monoisotopic (exact) mass is 294 g/mol. The third-order valence-corrected chi connectivity index (χ3v) is 3.99. The summed E-state index contributed by atoms with van der Waals surface area (Å²) in [7, 11) is 0. The van der Waals surface area contributed by atoms with Gasteiger partial charge in [0.05, 0.1) is 0 Å². The number of tetrazole rings is 1. The summed E-state index contributed by atoms with van der Waals surface area (Å²) in [6.07, 6.45) is 0.740. The van der Waals surface area contributed by atoms with Crippen LogP contribution in [-0.4, -0.2) is 74.3 Å². The highest BCUT2D eigenvalue weighted by atomic mass is 16.6. The van der Waals surface area contributed by atoms with E-state index in [1.165, 1.54) is 0 Å². The Balaban J connectivity index is 1.60. The summed E-state index contributed by atoms with van der Waals surface area (Å²) in [5.41, 5.74) is -0.447. The molecule has 3 heterocycles. The number of hydrogen-bond donors (Lipinski definition) is 1. The first-order valence-corrected chi connectivity index (χ1v) is 7.38. The molecule has 2 atom stereocenters. The van der Waals surface area contributed by atoms with Gasteiger partial charge in [-0.1, -0.05) is 5.21 Å². The number of aromatic amines is 1. The van der Waals surface area contributed by atoms with E-state index in [1.807, 2.05) is 25.7 Å². The number of nitrogens with zero attached hydrogens (tertiary/aromatic N) is 5. The van der Waals surface area contributed by atoms with Crippen molar-refractivity contribution in [2.45, 2.75) is 44.8 Å². The third-order valence-electron chi connectivity index (χ3n) is 3.99. The molecule has 0 aliphatic carbocycles. The predicted octanol–water partition coefficient (Wildman–Crippen LogP) is 0.608. The quantitative estimate of drug-likeness (QED) is 0.816. The van der Waals surface area contributed by atoms with Crippen molar-refractivity contribution < 1.29 is 9.53 Å². The summed E-state index contributed by atoms with van der Waals surface area (Å²) in [5.74, 6) is 1.07. The second-order valence-electron chi connectivity index (χ2n) is 6.78. The van der Waals surface area contributed by atoms with E-state index < -0.39 is 5.60 Å². The molecule has 0 aromatic carbocycles. The molecule has 1 aromatic rings. The predicted molar refractivity (Wildman–Crippen MR) is 74.7 cm³/mol. The largest absolute Gasteiger partial charge is 0.444 e. The van der Waals surface area contributed by atoms with Gasteiger partial charge < -0.3 is 9.64 Å². The topological polar surface area (TPSA) is 87.2 Å². The molecule has 1 amide bonds. The van der Waals surface area contributed by atoms with E-state index >= 15 is 0 Å². The van der Waals surface area contributed by atoms with E-state index in [9.17, 15) is 4.79 Å². The van der Waals surface area contributed by atoms with Crippen LogP contribution in [0.1, 0.15) is 38.9 Å². The minimum atomic E-state index is -0.447. The Morgan fingerprint density at radius 2 is 2.14 bits per heavy atom. The highest BCUT2D eigenvalue weighted by molar-refractivity contribution is 5.68. The smallest absolute Gasteiger partial charge is 0.410 e. The van der Waals surface area contributed by atoms with Gasteiger partial charge in [0, 0.05) is 38.1 Å². The van der Waals surface area contributed by atoms with Crippen LogP contribution >= 0.6 is 0 Å². The molecule has 2 aliphatic heterocycles. The number of nitrogens with one attached hydrogen (secondary N) is 1. The second-order valence-corrected chi connectivity index (χ2v) is 6.78. The number of H-pyrrole nitrogens is 1. The minimum absolute atomic E-state index is 0.217. The van der Waals surface area contributed by atoms with Gasteiger partial charge >= 0.3 is 6.09 Å². The van der Waals surface area contributed by atoms with Gasteiger partial charge in [-0.25, -0.2) is 4.79 Å². The van der Waals surface area contributed by atoms with Gasteiger partial charge in [-0.2, -0.15) is 5.21 Å². The highest BCUT2D eigenvalue weighted by Crippen LogP contribution is 2.31. The molecule has 21 heavy (non-hydrogen) atoms. The number of hydrogen-bond acceptors (Lipinski definition) is 6. The van der Waals surface area contributed by atoms with Gasteiger partial charge in [0.25, 0.3) is 0 Å². The summed E-state index contributed by atoms with van der Waals surface area (Å²) in [5, 5.41) is 14.3. The fourth-order valence-electron chi connectivity index (χ4n) is 3.06. The van der Waals surface area contributed by atoms with Crippen LogP contribution in [0.25, 0.3) is 0 Å². The van der Waals surface area contributed by atoms with Gasteiger partial charge in [0.15, 0.2) is 5.82 Å². The van der Waals surface area contributed by atoms with Crippen LogP contribution in [0.15, 0.2) is 0 Å².